The van der Waals surface area contributed by atoms with Crippen LogP contribution < -0.4 is 20.7 Å². The van der Waals surface area contributed by atoms with Gasteiger partial charge in [0.15, 0.2) is 11.6 Å². The molecule has 180 valence electrons. The minimum atomic E-state index is -0.585. The third-order valence-corrected chi connectivity index (χ3v) is 6.04. The molecule has 2 atom stereocenters. The van der Waals surface area contributed by atoms with Gasteiger partial charge in [0, 0.05) is 24.0 Å². The van der Waals surface area contributed by atoms with Gasteiger partial charge in [-0.1, -0.05) is 12.1 Å². The number of halogens is 1. The van der Waals surface area contributed by atoms with Gasteiger partial charge in [-0.3, -0.25) is 4.98 Å². The summed E-state index contributed by atoms with van der Waals surface area (Å²) in [7, 11) is 0. The summed E-state index contributed by atoms with van der Waals surface area (Å²) in [4.78, 5) is 24.1. The summed E-state index contributed by atoms with van der Waals surface area (Å²) in [6.07, 6.45) is 2.91. The molecule has 2 aromatic heterocycles. The van der Waals surface area contributed by atoms with Gasteiger partial charge in [0.2, 0.25) is 5.95 Å². The number of ether oxygens (including phenoxy) is 2. The van der Waals surface area contributed by atoms with Crippen LogP contribution in [0, 0.1) is 5.82 Å². The van der Waals surface area contributed by atoms with E-state index in [9.17, 15) is 9.18 Å². The number of aromatic nitrogens is 3. The molecule has 3 N–H and O–H groups in total. The first-order valence-electron chi connectivity index (χ1n) is 11.4. The SMILES string of the molecule is O=C1N[C@H]2c3cc(Nc4ncc(F)c(Nc5ccc(OCc6ccccn6)cc5)n4)ccc3C[C@H]2O1. The molecule has 1 saturated heterocycles. The molecule has 1 amide bonds. The summed E-state index contributed by atoms with van der Waals surface area (Å²) >= 11 is 0. The first-order valence-corrected chi connectivity index (χ1v) is 11.4. The Labute approximate surface area is 205 Å². The van der Waals surface area contributed by atoms with Gasteiger partial charge in [-0.25, -0.2) is 14.2 Å². The monoisotopic (exact) mass is 484 g/mol. The number of benzene rings is 2. The Morgan fingerprint density at radius 2 is 1.92 bits per heavy atom. The van der Waals surface area contributed by atoms with Crippen LogP contribution in [0.1, 0.15) is 22.9 Å². The van der Waals surface area contributed by atoms with Crippen molar-refractivity contribution in [3.05, 3.63) is 95.7 Å². The van der Waals surface area contributed by atoms with E-state index in [2.05, 4.69) is 30.9 Å². The van der Waals surface area contributed by atoms with E-state index >= 15 is 0 Å². The van der Waals surface area contributed by atoms with Crippen molar-refractivity contribution in [1.82, 2.24) is 20.3 Å². The number of carbonyl (C=O) groups excluding carboxylic acids is 1. The zero-order valence-electron chi connectivity index (χ0n) is 18.9. The second kappa shape index (κ2) is 9.14. The van der Waals surface area contributed by atoms with Crippen molar-refractivity contribution in [2.45, 2.75) is 25.2 Å². The first kappa shape index (κ1) is 21.8. The number of pyridine rings is 1. The predicted molar refractivity (Wildman–Crippen MR) is 130 cm³/mol. The Bertz CT molecular complexity index is 1420. The number of alkyl carbamates (subject to hydrolysis) is 1. The summed E-state index contributed by atoms with van der Waals surface area (Å²) in [5, 5.41) is 8.92. The average molecular weight is 484 g/mol. The molecule has 0 unspecified atom stereocenters. The average Bonchev–Trinajstić information content (AvgIpc) is 3.42. The lowest BCUT2D eigenvalue weighted by atomic mass is 10.1. The molecule has 3 heterocycles. The van der Waals surface area contributed by atoms with E-state index in [-0.39, 0.29) is 23.9 Å². The fraction of sp³-hybridized carbons (Fsp3) is 0.154. The fourth-order valence-corrected chi connectivity index (χ4v) is 4.32. The van der Waals surface area contributed by atoms with Gasteiger partial charge >= 0.3 is 6.09 Å². The van der Waals surface area contributed by atoms with Crippen molar-refractivity contribution in [3.63, 3.8) is 0 Å². The number of carbonyl (C=O) groups is 1. The highest BCUT2D eigenvalue weighted by Crippen LogP contribution is 2.38. The number of anilines is 4. The second-order valence-corrected chi connectivity index (χ2v) is 8.46. The topological polar surface area (TPSA) is 110 Å². The lowest BCUT2D eigenvalue weighted by Crippen LogP contribution is -2.18. The lowest BCUT2D eigenvalue weighted by Gasteiger charge is -2.12. The summed E-state index contributed by atoms with van der Waals surface area (Å²) in [6, 6.07) is 18.4. The minimum absolute atomic E-state index is 0.0346. The number of fused-ring (bicyclic) bond motifs is 3. The Hall–Kier alpha value is -4.73. The number of nitrogens with one attached hydrogen (secondary N) is 3. The molecule has 9 nitrogen and oxygen atoms in total. The molecule has 0 bridgehead atoms. The molecule has 10 heteroatoms. The Kier molecular flexibility index (Phi) is 5.53. The number of hydrogen-bond acceptors (Lipinski definition) is 8. The van der Waals surface area contributed by atoms with Gasteiger partial charge in [-0.2, -0.15) is 4.98 Å². The molecule has 6 rings (SSSR count). The predicted octanol–water partition coefficient (Wildman–Crippen LogP) is 4.78. The maximum atomic E-state index is 14.4. The van der Waals surface area contributed by atoms with E-state index in [4.69, 9.17) is 9.47 Å². The van der Waals surface area contributed by atoms with E-state index in [0.29, 0.717) is 24.5 Å². The maximum absolute atomic E-state index is 14.4. The van der Waals surface area contributed by atoms with Gasteiger partial charge in [-0.05, 0) is 59.7 Å². The molecule has 36 heavy (non-hydrogen) atoms. The summed E-state index contributed by atoms with van der Waals surface area (Å²) in [5.74, 6) is 0.348. The lowest BCUT2D eigenvalue weighted by molar-refractivity contribution is 0.136. The quantitative estimate of drug-likeness (QED) is 0.344. The third kappa shape index (κ3) is 4.48. The summed E-state index contributed by atoms with van der Waals surface area (Å²) < 4.78 is 25.5. The zero-order chi connectivity index (χ0) is 24.5. The van der Waals surface area contributed by atoms with E-state index < -0.39 is 11.9 Å². The van der Waals surface area contributed by atoms with Crippen molar-refractivity contribution in [2.24, 2.45) is 0 Å². The Morgan fingerprint density at radius 3 is 2.75 bits per heavy atom. The van der Waals surface area contributed by atoms with Crippen molar-refractivity contribution in [1.29, 1.82) is 0 Å². The van der Waals surface area contributed by atoms with E-state index in [1.54, 1.807) is 30.5 Å². The molecule has 4 aromatic rings. The number of amides is 1. The Morgan fingerprint density at radius 1 is 1.06 bits per heavy atom. The van der Waals surface area contributed by atoms with Crippen molar-refractivity contribution >= 4 is 29.2 Å². The van der Waals surface area contributed by atoms with Crippen LogP contribution in [0.5, 0.6) is 5.75 Å². The molecule has 0 spiro atoms. The van der Waals surface area contributed by atoms with Gasteiger partial charge in [-0.15, -0.1) is 0 Å². The van der Waals surface area contributed by atoms with Crippen molar-refractivity contribution < 1.29 is 18.7 Å². The molecule has 1 aliphatic heterocycles. The molecular weight excluding hydrogens is 463 g/mol. The zero-order valence-corrected chi connectivity index (χ0v) is 18.9. The molecule has 0 radical (unpaired) electrons. The largest absolute Gasteiger partial charge is 0.487 e. The van der Waals surface area contributed by atoms with Crippen LogP contribution in [0.3, 0.4) is 0 Å². The molecule has 0 saturated carbocycles. The molecular formula is C26H21FN6O3. The van der Waals surface area contributed by atoms with Crippen LogP contribution in [0.25, 0.3) is 0 Å². The van der Waals surface area contributed by atoms with Gasteiger partial charge in [0.05, 0.1) is 17.9 Å². The van der Waals surface area contributed by atoms with E-state index in [1.165, 1.54) is 0 Å². The van der Waals surface area contributed by atoms with Gasteiger partial charge < -0.3 is 25.4 Å². The van der Waals surface area contributed by atoms with Crippen LogP contribution >= 0.6 is 0 Å². The summed E-state index contributed by atoms with van der Waals surface area (Å²) in [5.41, 5.74) is 4.30. The highest BCUT2D eigenvalue weighted by atomic mass is 19.1. The standard InChI is InChI=1S/C26H21FN6O3/c27-21-13-29-25(31-17-5-4-15-11-22-23(20(15)12-17)32-26(34)36-22)33-24(21)30-16-6-8-19(9-7-16)35-14-18-3-1-2-10-28-18/h1-10,12-13,22-23H,11,14H2,(H,32,34)(H2,29,30,31,33)/t22-,23+/m1/s1. The molecule has 2 aromatic carbocycles. The normalized spacial score (nSPS) is 17.5. The second-order valence-electron chi connectivity index (χ2n) is 8.46. The third-order valence-electron chi connectivity index (χ3n) is 6.04. The van der Waals surface area contributed by atoms with E-state index in [1.807, 2.05) is 36.4 Å². The number of rotatable bonds is 7. The molecule has 1 fully saturated rings. The maximum Gasteiger partial charge on any atom is 0.408 e. The van der Waals surface area contributed by atoms with Crippen molar-refractivity contribution in [3.8, 4) is 5.75 Å². The van der Waals surface area contributed by atoms with Crippen LogP contribution in [0.2, 0.25) is 0 Å². The molecule has 2 aliphatic rings. The van der Waals surface area contributed by atoms with Gasteiger partial charge in [0.1, 0.15) is 18.5 Å². The van der Waals surface area contributed by atoms with Crippen molar-refractivity contribution in [2.75, 3.05) is 10.6 Å². The Balaban J connectivity index is 1.13. The van der Waals surface area contributed by atoms with Gasteiger partial charge in [0.25, 0.3) is 0 Å². The first-order chi connectivity index (χ1) is 17.6. The highest BCUT2D eigenvalue weighted by Gasteiger charge is 2.41. The molecule has 1 aliphatic carbocycles. The van der Waals surface area contributed by atoms with Crippen LogP contribution in [-0.4, -0.2) is 27.1 Å². The minimum Gasteiger partial charge on any atom is -0.487 e. The van der Waals surface area contributed by atoms with Crippen LogP contribution in [0.4, 0.5) is 32.3 Å². The smallest absolute Gasteiger partial charge is 0.408 e. The van der Waals surface area contributed by atoms with Crippen LogP contribution in [0.15, 0.2) is 73.1 Å². The van der Waals surface area contributed by atoms with Crippen LogP contribution in [-0.2, 0) is 17.8 Å². The number of nitrogens with zero attached hydrogens (tertiary/aromatic N) is 3. The summed E-state index contributed by atoms with van der Waals surface area (Å²) in [6.45, 7) is 0.354. The fourth-order valence-electron chi connectivity index (χ4n) is 4.32. The number of hydrogen-bond donors (Lipinski definition) is 3. The van der Waals surface area contributed by atoms with E-state index in [0.717, 1.165) is 28.7 Å². The highest BCUT2D eigenvalue weighted by molar-refractivity contribution is 5.72.